The van der Waals surface area contributed by atoms with E-state index in [-0.39, 0.29) is 6.42 Å². The van der Waals surface area contributed by atoms with Crippen molar-refractivity contribution in [3.63, 3.8) is 0 Å². The van der Waals surface area contributed by atoms with Crippen molar-refractivity contribution in [3.05, 3.63) is 52.5 Å². The number of halogens is 2. The van der Waals surface area contributed by atoms with Crippen LogP contribution in [0.3, 0.4) is 0 Å². The number of fused-ring (bicyclic) bond motifs is 1. The number of nitrogen functional groups attached to an aromatic ring is 1. The molecule has 0 atom stereocenters. The fraction of sp³-hybridized carbons (Fsp3) is 0.375. The van der Waals surface area contributed by atoms with Crippen LogP contribution in [0.1, 0.15) is 41.9 Å². The third-order valence-electron chi connectivity index (χ3n) is 3.88. The summed E-state index contributed by atoms with van der Waals surface area (Å²) in [6, 6.07) is 3.54. The second-order valence-electron chi connectivity index (χ2n) is 5.42. The fourth-order valence-electron chi connectivity index (χ4n) is 2.77. The van der Waals surface area contributed by atoms with E-state index in [4.69, 9.17) is 5.73 Å². The standard InChI is InChI=1S/C16H17F2N3/c17-11-7-6-10(13(18)9-11)8-15-20-14-5-3-1-2-4-12(14)16(19)21-15/h6-7,9H,1-5,8H2,(H2,19,20,21). The minimum Gasteiger partial charge on any atom is -0.383 e. The first-order chi connectivity index (χ1) is 10.1. The van der Waals surface area contributed by atoms with Gasteiger partial charge in [-0.2, -0.15) is 0 Å². The Kier molecular flexibility index (Phi) is 3.82. The summed E-state index contributed by atoms with van der Waals surface area (Å²) in [5, 5.41) is 0. The molecular formula is C16H17F2N3. The Morgan fingerprint density at radius 1 is 1.05 bits per heavy atom. The summed E-state index contributed by atoms with van der Waals surface area (Å²) >= 11 is 0. The number of nitrogens with two attached hydrogens (primary N) is 1. The summed E-state index contributed by atoms with van der Waals surface area (Å²) in [5.41, 5.74) is 8.42. The highest BCUT2D eigenvalue weighted by atomic mass is 19.1. The lowest BCUT2D eigenvalue weighted by molar-refractivity contribution is 0.573. The molecule has 0 fully saturated rings. The molecule has 1 aromatic heterocycles. The Bertz CT molecular complexity index is 671. The van der Waals surface area contributed by atoms with E-state index in [1.165, 1.54) is 12.1 Å². The first kappa shape index (κ1) is 13.9. The van der Waals surface area contributed by atoms with Gasteiger partial charge in [-0.05, 0) is 37.3 Å². The molecule has 0 radical (unpaired) electrons. The summed E-state index contributed by atoms with van der Waals surface area (Å²) in [6.45, 7) is 0. The van der Waals surface area contributed by atoms with E-state index in [1.807, 2.05) is 0 Å². The smallest absolute Gasteiger partial charge is 0.135 e. The number of hydrogen-bond donors (Lipinski definition) is 1. The lowest BCUT2D eigenvalue weighted by Gasteiger charge is -2.10. The van der Waals surface area contributed by atoms with Crippen LogP contribution in [0.2, 0.25) is 0 Å². The molecule has 0 saturated carbocycles. The van der Waals surface area contributed by atoms with Gasteiger partial charge in [-0.3, -0.25) is 0 Å². The number of aryl methyl sites for hydroxylation is 1. The highest BCUT2D eigenvalue weighted by Crippen LogP contribution is 2.24. The van der Waals surface area contributed by atoms with E-state index in [9.17, 15) is 8.78 Å². The molecule has 110 valence electrons. The summed E-state index contributed by atoms with van der Waals surface area (Å²) in [6.07, 6.45) is 5.38. The van der Waals surface area contributed by atoms with Gasteiger partial charge in [0.15, 0.2) is 0 Å². The zero-order valence-electron chi connectivity index (χ0n) is 11.7. The summed E-state index contributed by atoms with van der Waals surface area (Å²) < 4.78 is 26.6. The molecule has 0 saturated heterocycles. The highest BCUT2D eigenvalue weighted by Gasteiger charge is 2.16. The zero-order valence-corrected chi connectivity index (χ0v) is 11.7. The van der Waals surface area contributed by atoms with Crippen molar-refractivity contribution in [2.45, 2.75) is 38.5 Å². The maximum Gasteiger partial charge on any atom is 0.135 e. The van der Waals surface area contributed by atoms with E-state index < -0.39 is 11.6 Å². The number of nitrogens with zero attached hydrogens (tertiary/aromatic N) is 2. The molecule has 3 nitrogen and oxygen atoms in total. The van der Waals surface area contributed by atoms with Crippen molar-refractivity contribution in [3.8, 4) is 0 Å². The molecule has 3 rings (SSSR count). The van der Waals surface area contributed by atoms with Gasteiger partial charge in [0, 0.05) is 23.7 Å². The van der Waals surface area contributed by atoms with E-state index in [0.717, 1.165) is 49.4 Å². The lowest BCUT2D eigenvalue weighted by atomic mass is 10.1. The molecule has 2 aromatic rings. The molecule has 0 aliphatic heterocycles. The van der Waals surface area contributed by atoms with E-state index in [0.29, 0.717) is 17.2 Å². The second-order valence-corrected chi connectivity index (χ2v) is 5.42. The molecule has 5 heteroatoms. The van der Waals surface area contributed by atoms with Crippen LogP contribution in [0.5, 0.6) is 0 Å². The highest BCUT2D eigenvalue weighted by molar-refractivity contribution is 5.43. The number of anilines is 1. The van der Waals surface area contributed by atoms with Crippen LogP contribution in [0.4, 0.5) is 14.6 Å². The molecule has 1 aliphatic carbocycles. The van der Waals surface area contributed by atoms with Crippen LogP contribution >= 0.6 is 0 Å². The van der Waals surface area contributed by atoms with Gasteiger partial charge in [0.05, 0.1) is 0 Å². The molecule has 0 bridgehead atoms. The monoisotopic (exact) mass is 289 g/mol. The van der Waals surface area contributed by atoms with Gasteiger partial charge in [-0.1, -0.05) is 12.5 Å². The van der Waals surface area contributed by atoms with Crippen molar-refractivity contribution < 1.29 is 8.78 Å². The van der Waals surface area contributed by atoms with Crippen LogP contribution in [0.15, 0.2) is 18.2 Å². The summed E-state index contributed by atoms with van der Waals surface area (Å²) in [7, 11) is 0. The Morgan fingerprint density at radius 2 is 1.86 bits per heavy atom. The van der Waals surface area contributed by atoms with Gasteiger partial charge < -0.3 is 5.73 Å². The maximum atomic E-state index is 13.7. The van der Waals surface area contributed by atoms with E-state index in [1.54, 1.807) is 0 Å². The SMILES string of the molecule is Nc1nc(Cc2ccc(F)cc2F)nc2c1CCCCC2. The van der Waals surface area contributed by atoms with Gasteiger partial charge in [0.1, 0.15) is 23.3 Å². The van der Waals surface area contributed by atoms with E-state index in [2.05, 4.69) is 9.97 Å². The Labute approximate surface area is 122 Å². The van der Waals surface area contributed by atoms with Crippen LogP contribution in [0.25, 0.3) is 0 Å². The zero-order chi connectivity index (χ0) is 14.8. The number of benzene rings is 1. The summed E-state index contributed by atoms with van der Waals surface area (Å²) in [5.74, 6) is -0.163. The molecule has 0 spiro atoms. The fourth-order valence-corrected chi connectivity index (χ4v) is 2.77. The van der Waals surface area contributed by atoms with Crippen LogP contribution < -0.4 is 5.73 Å². The predicted molar refractivity (Wildman–Crippen MR) is 76.9 cm³/mol. The van der Waals surface area contributed by atoms with Gasteiger partial charge in [-0.15, -0.1) is 0 Å². The summed E-state index contributed by atoms with van der Waals surface area (Å²) in [4.78, 5) is 8.83. The van der Waals surface area contributed by atoms with Crippen LogP contribution in [0, 0.1) is 11.6 Å². The van der Waals surface area contributed by atoms with Crippen LogP contribution in [-0.4, -0.2) is 9.97 Å². The Hall–Kier alpha value is -2.04. The first-order valence-electron chi connectivity index (χ1n) is 7.21. The molecule has 21 heavy (non-hydrogen) atoms. The lowest BCUT2D eigenvalue weighted by Crippen LogP contribution is -2.09. The van der Waals surface area contributed by atoms with Gasteiger partial charge in [0.25, 0.3) is 0 Å². The first-order valence-corrected chi connectivity index (χ1v) is 7.21. The van der Waals surface area contributed by atoms with Crippen molar-refractivity contribution in [1.82, 2.24) is 9.97 Å². The van der Waals surface area contributed by atoms with Gasteiger partial charge >= 0.3 is 0 Å². The predicted octanol–water partition coefficient (Wildman–Crippen LogP) is 3.20. The Morgan fingerprint density at radius 3 is 2.67 bits per heavy atom. The molecule has 0 amide bonds. The molecule has 1 aliphatic rings. The van der Waals surface area contributed by atoms with Crippen molar-refractivity contribution >= 4 is 5.82 Å². The maximum absolute atomic E-state index is 13.7. The quantitative estimate of drug-likeness (QED) is 0.864. The minimum atomic E-state index is -0.585. The average Bonchev–Trinajstić information content (AvgIpc) is 2.68. The van der Waals surface area contributed by atoms with Crippen molar-refractivity contribution in [2.24, 2.45) is 0 Å². The van der Waals surface area contributed by atoms with Gasteiger partial charge in [-0.25, -0.2) is 18.7 Å². The van der Waals surface area contributed by atoms with Crippen LogP contribution in [-0.2, 0) is 19.3 Å². The third-order valence-corrected chi connectivity index (χ3v) is 3.88. The topological polar surface area (TPSA) is 51.8 Å². The minimum absolute atomic E-state index is 0.226. The molecule has 0 unspecified atom stereocenters. The molecule has 2 N–H and O–H groups in total. The third kappa shape index (κ3) is 3.01. The van der Waals surface area contributed by atoms with Crippen molar-refractivity contribution in [1.29, 1.82) is 0 Å². The number of aromatic nitrogens is 2. The Balaban J connectivity index is 1.92. The number of hydrogen-bond acceptors (Lipinski definition) is 3. The number of rotatable bonds is 2. The second kappa shape index (κ2) is 5.76. The normalized spacial score (nSPS) is 14.6. The molecule has 1 heterocycles. The average molecular weight is 289 g/mol. The van der Waals surface area contributed by atoms with Gasteiger partial charge in [0.2, 0.25) is 0 Å². The molecular weight excluding hydrogens is 272 g/mol. The molecule has 1 aromatic carbocycles. The largest absolute Gasteiger partial charge is 0.383 e. The van der Waals surface area contributed by atoms with Crippen molar-refractivity contribution in [2.75, 3.05) is 5.73 Å². The van der Waals surface area contributed by atoms with E-state index >= 15 is 0 Å².